The molecule has 0 saturated heterocycles. The number of ether oxygens (including phenoxy) is 1. The van der Waals surface area contributed by atoms with Gasteiger partial charge in [-0.1, -0.05) is 48.5 Å². The number of nitrogens with zero attached hydrogens (tertiary/aromatic N) is 1. The minimum Gasteiger partial charge on any atom is -0.411 e. The van der Waals surface area contributed by atoms with Gasteiger partial charge in [-0.05, 0) is 12.1 Å². The lowest BCUT2D eigenvalue weighted by Crippen LogP contribution is -2.05. The lowest BCUT2D eigenvalue weighted by atomic mass is 10.2. The van der Waals surface area contributed by atoms with Crippen LogP contribution in [0.3, 0.4) is 0 Å². The third-order valence-corrected chi connectivity index (χ3v) is 2.66. The van der Waals surface area contributed by atoms with Crippen molar-refractivity contribution in [1.29, 1.82) is 0 Å². The van der Waals surface area contributed by atoms with E-state index in [0.29, 0.717) is 11.5 Å². The van der Waals surface area contributed by atoms with Crippen molar-refractivity contribution in [2.75, 3.05) is 0 Å². The monoisotopic (exact) mass is 265 g/mol. The first kappa shape index (κ1) is 12.2. The van der Waals surface area contributed by atoms with E-state index in [9.17, 15) is 4.79 Å². The van der Waals surface area contributed by atoms with Gasteiger partial charge in [-0.3, -0.25) is 4.79 Å². The number of aromatic nitrogens is 1. The van der Waals surface area contributed by atoms with Crippen LogP contribution in [0.5, 0.6) is 11.8 Å². The molecule has 0 bridgehead atoms. The van der Waals surface area contributed by atoms with Crippen molar-refractivity contribution in [2.45, 2.75) is 0 Å². The molecule has 0 aliphatic rings. The summed E-state index contributed by atoms with van der Waals surface area (Å²) < 4.78 is 11.0. The van der Waals surface area contributed by atoms with Crippen LogP contribution in [0.15, 0.2) is 75.9 Å². The standard InChI is InChI=1S/C16H11NO3/c18-15-11-14(12-7-3-1-4-8-12)20-16(17-15)19-13-9-5-2-6-10-13/h1-11H. The van der Waals surface area contributed by atoms with E-state index in [4.69, 9.17) is 9.15 Å². The SMILES string of the molecule is O=c1cc(-c2ccccc2)oc(Oc2ccccc2)n1. The van der Waals surface area contributed by atoms with E-state index >= 15 is 0 Å². The molecular formula is C16H11NO3. The van der Waals surface area contributed by atoms with Crippen molar-refractivity contribution < 1.29 is 9.15 Å². The predicted molar refractivity (Wildman–Crippen MR) is 74.7 cm³/mol. The fourth-order valence-corrected chi connectivity index (χ4v) is 1.76. The van der Waals surface area contributed by atoms with Gasteiger partial charge in [0.25, 0.3) is 5.56 Å². The quantitative estimate of drug-likeness (QED) is 0.727. The lowest BCUT2D eigenvalue weighted by Gasteiger charge is -2.04. The first-order chi connectivity index (χ1) is 9.81. The smallest absolute Gasteiger partial charge is 0.403 e. The van der Waals surface area contributed by atoms with Gasteiger partial charge in [0, 0.05) is 11.6 Å². The van der Waals surface area contributed by atoms with Gasteiger partial charge in [0.2, 0.25) is 0 Å². The molecule has 0 spiro atoms. The Morgan fingerprint density at radius 3 is 2.25 bits per heavy atom. The maximum absolute atomic E-state index is 11.6. The molecule has 98 valence electrons. The highest BCUT2D eigenvalue weighted by Gasteiger charge is 2.07. The third-order valence-electron chi connectivity index (χ3n) is 2.66. The van der Waals surface area contributed by atoms with E-state index in [1.165, 1.54) is 6.07 Å². The molecule has 3 aromatic rings. The van der Waals surface area contributed by atoms with E-state index < -0.39 is 5.56 Å². The van der Waals surface area contributed by atoms with Crippen LogP contribution in [0.1, 0.15) is 0 Å². The normalized spacial score (nSPS) is 10.2. The fourth-order valence-electron chi connectivity index (χ4n) is 1.76. The van der Waals surface area contributed by atoms with E-state index in [2.05, 4.69) is 4.98 Å². The van der Waals surface area contributed by atoms with Crippen LogP contribution in [0.4, 0.5) is 0 Å². The van der Waals surface area contributed by atoms with Gasteiger partial charge < -0.3 is 9.15 Å². The van der Waals surface area contributed by atoms with Crippen LogP contribution in [0.25, 0.3) is 11.3 Å². The summed E-state index contributed by atoms with van der Waals surface area (Å²) in [6.45, 7) is 0. The zero-order valence-corrected chi connectivity index (χ0v) is 10.5. The Morgan fingerprint density at radius 2 is 1.55 bits per heavy atom. The largest absolute Gasteiger partial charge is 0.411 e. The molecule has 4 nitrogen and oxygen atoms in total. The average molecular weight is 265 g/mol. The first-order valence-electron chi connectivity index (χ1n) is 6.12. The number of para-hydroxylation sites is 1. The predicted octanol–water partition coefficient (Wildman–Crippen LogP) is 3.49. The second-order valence-electron chi connectivity index (χ2n) is 4.11. The summed E-state index contributed by atoms with van der Waals surface area (Å²) >= 11 is 0. The van der Waals surface area contributed by atoms with Crippen molar-refractivity contribution in [3.63, 3.8) is 0 Å². The Balaban J connectivity index is 1.97. The molecule has 0 amide bonds. The van der Waals surface area contributed by atoms with Crippen LogP contribution < -0.4 is 10.3 Å². The zero-order chi connectivity index (χ0) is 13.8. The molecular weight excluding hydrogens is 254 g/mol. The van der Waals surface area contributed by atoms with Gasteiger partial charge in [0.15, 0.2) is 0 Å². The molecule has 0 aliphatic carbocycles. The maximum Gasteiger partial charge on any atom is 0.403 e. The Bertz CT molecular complexity index is 751. The van der Waals surface area contributed by atoms with Gasteiger partial charge in [0.05, 0.1) is 0 Å². The van der Waals surface area contributed by atoms with Crippen LogP contribution in [-0.2, 0) is 0 Å². The summed E-state index contributed by atoms with van der Waals surface area (Å²) in [5, 5.41) is 0. The molecule has 0 unspecified atom stereocenters. The summed E-state index contributed by atoms with van der Waals surface area (Å²) in [5.41, 5.74) is 0.394. The number of benzene rings is 2. The van der Waals surface area contributed by atoms with Crippen LogP contribution in [0, 0.1) is 0 Å². The van der Waals surface area contributed by atoms with Crippen molar-refractivity contribution in [2.24, 2.45) is 0 Å². The highest BCUT2D eigenvalue weighted by molar-refractivity contribution is 5.56. The molecule has 0 N–H and O–H groups in total. The van der Waals surface area contributed by atoms with Gasteiger partial charge in [-0.25, -0.2) is 0 Å². The highest BCUT2D eigenvalue weighted by Crippen LogP contribution is 2.23. The topological polar surface area (TPSA) is 52.3 Å². The number of hydrogen-bond acceptors (Lipinski definition) is 4. The molecule has 1 heterocycles. The Kier molecular flexibility index (Phi) is 3.29. The second-order valence-corrected chi connectivity index (χ2v) is 4.11. The lowest BCUT2D eigenvalue weighted by molar-refractivity contribution is 0.318. The summed E-state index contributed by atoms with van der Waals surface area (Å²) in [4.78, 5) is 15.3. The minimum atomic E-state index is -0.402. The fraction of sp³-hybridized carbons (Fsp3) is 0. The van der Waals surface area contributed by atoms with E-state index in [1.54, 1.807) is 12.1 Å². The Labute approximate surface area is 115 Å². The van der Waals surface area contributed by atoms with E-state index in [0.717, 1.165) is 5.56 Å². The van der Waals surface area contributed by atoms with Gasteiger partial charge in [-0.2, -0.15) is 0 Å². The molecule has 0 radical (unpaired) electrons. The molecule has 0 aliphatic heterocycles. The van der Waals surface area contributed by atoms with Crippen LogP contribution >= 0.6 is 0 Å². The molecule has 2 aromatic carbocycles. The first-order valence-corrected chi connectivity index (χ1v) is 6.12. The van der Waals surface area contributed by atoms with Crippen molar-refractivity contribution in [3.8, 4) is 23.1 Å². The van der Waals surface area contributed by atoms with E-state index in [1.807, 2.05) is 48.5 Å². The zero-order valence-electron chi connectivity index (χ0n) is 10.5. The molecule has 0 atom stereocenters. The highest BCUT2D eigenvalue weighted by atomic mass is 16.6. The molecule has 3 rings (SSSR count). The van der Waals surface area contributed by atoms with Gasteiger partial charge in [0.1, 0.15) is 11.5 Å². The Hall–Kier alpha value is -2.88. The van der Waals surface area contributed by atoms with Crippen LogP contribution in [-0.4, -0.2) is 4.98 Å². The minimum absolute atomic E-state index is 0.0671. The molecule has 0 fully saturated rings. The molecule has 20 heavy (non-hydrogen) atoms. The van der Waals surface area contributed by atoms with Crippen LogP contribution in [0.2, 0.25) is 0 Å². The van der Waals surface area contributed by atoms with Gasteiger partial charge in [-0.15, -0.1) is 4.98 Å². The maximum atomic E-state index is 11.6. The van der Waals surface area contributed by atoms with E-state index in [-0.39, 0.29) is 6.08 Å². The summed E-state index contributed by atoms with van der Waals surface area (Å²) in [7, 11) is 0. The average Bonchev–Trinajstić information content (AvgIpc) is 2.49. The van der Waals surface area contributed by atoms with Crippen molar-refractivity contribution in [3.05, 3.63) is 77.1 Å². The third kappa shape index (κ3) is 2.75. The Morgan fingerprint density at radius 1 is 0.900 bits per heavy atom. The van der Waals surface area contributed by atoms with Crippen molar-refractivity contribution in [1.82, 2.24) is 4.98 Å². The molecule has 4 heteroatoms. The van der Waals surface area contributed by atoms with Crippen molar-refractivity contribution >= 4 is 0 Å². The second kappa shape index (κ2) is 5.40. The summed E-state index contributed by atoms with van der Waals surface area (Å²) in [6.07, 6.45) is -0.0671. The molecule has 1 aromatic heterocycles. The number of rotatable bonds is 3. The number of hydrogen-bond donors (Lipinski definition) is 0. The summed E-state index contributed by atoms with van der Waals surface area (Å²) in [5.74, 6) is 0.991. The summed E-state index contributed by atoms with van der Waals surface area (Å²) in [6, 6.07) is 19.7. The molecule has 0 saturated carbocycles. The van der Waals surface area contributed by atoms with Gasteiger partial charge >= 0.3 is 6.08 Å².